The molecule has 0 bridgehead atoms. The maximum atomic E-state index is 13.5. The molecule has 8 heteroatoms. The molecule has 0 radical (unpaired) electrons. The van der Waals surface area contributed by atoms with Gasteiger partial charge in [-0.15, -0.1) is 0 Å². The lowest BCUT2D eigenvalue weighted by atomic mass is 10.1. The first kappa shape index (κ1) is 18.6. The highest BCUT2D eigenvalue weighted by atomic mass is 19.1. The summed E-state index contributed by atoms with van der Waals surface area (Å²) in [4.78, 5) is 13.7. The molecule has 1 saturated heterocycles. The average Bonchev–Trinajstić information content (AvgIpc) is 2.68. The molecule has 0 aliphatic carbocycles. The molecule has 7 nitrogen and oxygen atoms in total. The molecule has 0 spiro atoms. The molecule has 27 heavy (non-hydrogen) atoms. The first-order valence-corrected chi connectivity index (χ1v) is 8.61. The highest BCUT2D eigenvalue weighted by Crippen LogP contribution is 2.25. The van der Waals surface area contributed by atoms with Gasteiger partial charge in [0.2, 0.25) is 0 Å². The van der Waals surface area contributed by atoms with Crippen LogP contribution in [0, 0.1) is 27.3 Å². The third-order valence-corrected chi connectivity index (χ3v) is 4.81. The molecular weight excluding hydrogens is 351 g/mol. The minimum absolute atomic E-state index is 0.0854. The number of ether oxygens (including phenoxy) is 1. The van der Waals surface area contributed by atoms with Crippen molar-refractivity contribution in [2.75, 3.05) is 38.2 Å². The zero-order valence-corrected chi connectivity index (χ0v) is 14.9. The number of piperazine rings is 1. The molecule has 1 heterocycles. The number of nitrogens with one attached hydrogen (secondary N) is 1. The van der Waals surface area contributed by atoms with E-state index >= 15 is 0 Å². The number of methoxy groups -OCH3 is 1. The summed E-state index contributed by atoms with van der Waals surface area (Å²) in [6, 6.07) is 10.9. The van der Waals surface area contributed by atoms with Gasteiger partial charge in [-0.25, -0.2) is 4.39 Å². The van der Waals surface area contributed by atoms with Gasteiger partial charge < -0.3 is 14.5 Å². The normalized spacial score (nSPS) is 14.6. The van der Waals surface area contributed by atoms with Crippen LogP contribution >= 0.6 is 0 Å². The van der Waals surface area contributed by atoms with E-state index in [1.54, 1.807) is 19.2 Å². The van der Waals surface area contributed by atoms with E-state index in [4.69, 9.17) is 4.74 Å². The van der Waals surface area contributed by atoms with E-state index in [-0.39, 0.29) is 11.5 Å². The minimum atomic E-state index is -0.501. The van der Waals surface area contributed by atoms with Gasteiger partial charge in [0.05, 0.1) is 55.0 Å². The number of halogens is 1. The Labute approximate surface area is 156 Å². The summed E-state index contributed by atoms with van der Waals surface area (Å²) < 4.78 is 18.9. The lowest BCUT2D eigenvalue weighted by Crippen LogP contribution is -3.13. The Morgan fingerprint density at radius 3 is 2.67 bits per heavy atom. The number of quaternary nitrogens is 1. The van der Waals surface area contributed by atoms with Crippen LogP contribution in [-0.4, -0.2) is 38.2 Å². The molecule has 0 saturated carbocycles. The first-order valence-electron chi connectivity index (χ1n) is 8.61. The van der Waals surface area contributed by atoms with Crippen molar-refractivity contribution in [2.24, 2.45) is 0 Å². The lowest BCUT2D eigenvalue weighted by molar-refractivity contribution is -0.914. The number of anilines is 1. The number of nitriles is 1. The highest BCUT2D eigenvalue weighted by Gasteiger charge is 2.24. The smallest absolute Gasteiger partial charge is 0.270 e. The lowest BCUT2D eigenvalue weighted by Gasteiger charge is -2.34. The summed E-state index contributed by atoms with van der Waals surface area (Å²) in [6.45, 7) is 3.68. The fraction of sp³-hybridized carbons (Fsp3) is 0.316. The predicted molar refractivity (Wildman–Crippen MR) is 97.4 cm³/mol. The zero-order valence-electron chi connectivity index (χ0n) is 14.9. The van der Waals surface area contributed by atoms with Crippen molar-refractivity contribution in [3.05, 3.63) is 63.5 Å². The van der Waals surface area contributed by atoms with E-state index in [1.165, 1.54) is 29.2 Å². The van der Waals surface area contributed by atoms with Gasteiger partial charge in [-0.1, -0.05) is 0 Å². The molecule has 1 aliphatic heterocycles. The number of hydrogen-bond acceptors (Lipinski definition) is 5. The summed E-state index contributed by atoms with van der Waals surface area (Å²) in [5.41, 5.74) is 1.76. The molecule has 3 rings (SSSR count). The Morgan fingerprint density at radius 1 is 1.30 bits per heavy atom. The fourth-order valence-electron chi connectivity index (χ4n) is 3.40. The van der Waals surface area contributed by atoms with Crippen molar-refractivity contribution < 1.29 is 19.0 Å². The van der Waals surface area contributed by atoms with Gasteiger partial charge in [0.1, 0.15) is 24.2 Å². The van der Waals surface area contributed by atoms with Crippen molar-refractivity contribution in [1.29, 1.82) is 5.26 Å². The third-order valence-electron chi connectivity index (χ3n) is 4.81. The van der Waals surface area contributed by atoms with Gasteiger partial charge in [-0.05, 0) is 24.3 Å². The molecule has 2 aromatic rings. The topological polar surface area (TPSA) is 83.8 Å². The van der Waals surface area contributed by atoms with Crippen molar-refractivity contribution in [2.45, 2.75) is 6.54 Å². The van der Waals surface area contributed by atoms with Crippen LogP contribution in [0.15, 0.2) is 36.4 Å². The summed E-state index contributed by atoms with van der Waals surface area (Å²) in [5, 5.41) is 20.2. The van der Waals surface area contributed by atoms with Crippen LogP contribution in [0.1, 0.15) is 11.1 Å². The van der Waals surface area contributed by atoms with E-state index in [9.17, 15) is 19.8 Å². The molecule has 0 unspecified atom stereocenters. The molecular formula is C19H20FN4O3+. The van der Waals surface area contributed by atoms with Gasteiger partial charge >= 0.3 is 0 Å². The molecule has 1 fully saturated rings. The van der Waals surface area contributed by atoms with Gasteiger partial charge in [-0.2, -0.15) is 5.26 Å². The van der Waals surface area contributed by atoms with Gasteiger partial charge in [-0.3, -0.25) is 10.1 Å². The quantitative estimate of drug-likeness (QED) is 0.636. The van der Waals surface area contributed by atoms with Crippen LogP contribution in [0.2, 0.25) is 0 Å². The van der Waals surface area contributed by atoms with E-state index in [0.29, 0.717) is 36.6 Å². The first-order chi connectivity index (χ1) is 13.0. The van der Waals surface area contributed by atoms with Crippen molar-refractivity contribution in [3.8, 4) is 11.8 Å². The SMILES string of the molecule is COc1ccc(F)cc1C[NH+]1CCN(c2ccc([N+](=O)[O-])cc2C#N)CC1. The molecule has 0 atom stereocenters. The van der Waals surface area contributed by atoms with Crippen molar-refractivity contribution in [3.63, 3.8) is 0 Å². The molecule has 140 valence electrons. The highest BCUT2D eigenvalue weighted by molar-refractivity contribution is 5.63. The number of nitro groups is 1. The summed E-state index contributed by atoms with van der Waals surface area (Å²) in [5.74, 6) is 0.391. The Hall–Kier alpha value is -3.18. The molecule has 1 aliphatic rings. The Kier molecular flexibility index (Phi) is 5.52. The molecule has 0 aromatic heterocycles. The van der Waals surface area contributed by atoms with Gasteiger partial charge in [0.25, 0.3) is 5.69 Å². The number of rotatable bonds is 5. The Bertz CT molecular complexity index is 889. The number of hydrogen-bond donors (Lipinski definition) is 1. The van der Waals surface area contributed by atoms with E-state index in [1.807, 2.05) is 6.07 Å². The zero-order chi connectivity index (χ0) is 19.4. The van der Waals surface area contributed by atoms with Crippen LogP contribution in [0.25, 0.3) is 0 Å². The molecule has 0 amide bonds. The standard InChI is InChI=1S/C19H19FN4O3/c1-27-19-5-2-16(20)10-15(19)13-22-6-8-23(9-7-22)18-4-3-17(24(25)26)11-14(18)12-21/h2-5,10-11H,6-9,13H2,1H3/p+1. The third kappa shape index (κ3) is 4.15. The summed E-state index contributed by atoms with van der Waals surface area (Å²) in [6.07, 6.45) is 0. The largest absolute Gasteiger partial charge is 0.496 e. The van der Waals surface area contributed by atoms with E-state index in [0.717, 1.165) is 18.7 Å². The number of nitro benzene ring substituents is 1. The van der Waals surface area contributed by atoms with E-state index in [2.05, 4.69) is 4.90 Å². The maximum absolute atomic E-state index is 13.5. The second kappa shape index (κ2) is 8.01. The van der Waals surface area contributed by atoms with Crippen LogP contribution in [0.3, 0.4) is 0 Å². The van der Waals surface area contributed by atoms with Crippen LogP contribution < -0.4 is 14.5 Å². The number of non-ortho nitro benzene ring substituents is 1. The molecule has 2 aromatic carbocycles. The maximum Gasteiger partial charge on any atom is 0.270 e. The minimum Gasteiger partial charge on any atom is -0.496 e. The number of benzene rings is 2. The summed E-state index contributed by atoms with van der Waals surface area (Å²) in [7, 11) is 1.57. The van der Waals surface area contributed by atoms with Crippen LogP contribution in [0.4, 0.5) is 15.8 Å². The van der Waals surface area contributed by atoms with Gasteiger partial charge in [0, 0.05) is 12.1 Å². The van der Waals surface area contributed by atoms with Crippen molar-refractivity contribution in [1.82, 2.24) is 0 Å². The fourth-order valence-corrected chi connectivity index (χ4v) is 3.40. The average molecular weight is 371 g/mol. The van der Waals surface area contributed by atoms with Gasteiger partial charge in [0.15, 0.2) is 0 Å². The second-order valence-corrected chi connectivity index (χ2v) is 6.44. The second-order valence-electron chi connectivity index (χ2n) is 6.44. The Morgan fingerprint density at radius 2 is 2.04 bits per heavy atom. The van der Waals surface area contributed by atoms with E-state index < -0.39 is 4.92 Å². The summed E-state index contributed by atoms with van der Waals surface area (Å²) >= 11 is 0. The Balaban J connectivity index is 1.68. The van der Waals surface area contributed by atoms with Crippen LogP contribution in [-0.2, 0) is 6.54 Å². The van der Waals surface area contributed by atoms with Crippen molar-refractivity contribution >= 4 is 11.4 Å². The molecule has 1 N–H and O–H groups in total. The number of nitrogens with zero attached hydrogens (tertiary/aromatic N) is 3. The monoisotopic (exact) mass is 371 g/mol. The van der Waals surface area contributed by atoms with Crippen LogP contribution in [0.5, 0.6) is 5.75 Å². The predicted octanol–water partition coefficient (Wildman–Crippen LogP) is 1.52.